The third kappa shape index (κ3) is 7.05. The van der Waals surface area contributed by atoms with E-state index in [9.17, 15) is 40.4 Å². The zero-order chi connectivity index (χ0) is 35.7. The average molecular weight is 703 g/mol. The molecule has 0 radical (unpaired) electrons. The normalized spacial score (nSPS) is 17.1. The number of fused-ring (bicyclic) bond motifs is 1. The number of carbonyl (C=O) groups is 3. The molecule has 3 aromatic carbocycles. The van der Waals surface area contributed by atoms with Crippen LogP contribution in [0.2, 0.25) is 0 Å². The van der Waals surface area contributed by atoms with Crippen molar-refractivity contribution < 1.29 is 49.8 Å². The number of ether oxygens (including phenoxy) is 2. The summed E-state index contributed by atoms with van der Waals surface area (Å²) in [7, 11) is -2.79. The summed E-state index contributed by atoms with van der Waals surface area (Å²) in [5, 5.41) is 2.56. The van der Waals surface area contributed by atoms with Crippen molar-refractivity contribution in [1.29, 1.82) is 0 Å². The van der Waals surface area contributed by atoms with Crippen LogP contribution in [0.4, 0.5) is 23.2 Å². The zero-order valence-electron chi connectivity index (χ0n) is 26.1. The van der Waals surface area contributed by atoms with Crippen LogP contribution in [-0.2, 0) is 29.0 Å². The number of esters is 2. The highest BCUT2D eigenvalue weighted by Crippen LogP contribution is 2.44. The summed E-state index contributed by atoms with van der Waals surface area (Å²) in [6.07, 6.45) is -2.62. The number of sulfone groups is 1. The van der Waals surface area contributed by atoms with Gasteiger partial charge in [0.1, 0.15) is 6.04 Å². The molecule has 11 nitrogen and oxygen atoms in total. The van der Waals surface area contributed by atoms with E-state index in [1.165, 1.54) is 50.4 Å². The second-order valence-corrected chi connectivity index (χ2v) is 13.4. The predicted octanol–water partition coefficient (Wildman–Crippen LogP) is 4.82. The number of carbonyl (C=O) groups excluding carboxylic acids is 3. The SMILES string of the molecule is CCS(=O)(=O)c1ccccc1C1C(C(=O)OC(=O)C(F)(F)F)CCN1C(=O)[C@H](c1ccc(F)c(OC)c1)N(N)c1ccc2cnccc2c1. The molecule has 5 rings (SSSR count). The van der Waals surface area contributed by atoms with E-state index in [1.54, 1.807) is 36.7 Å². The van der Waals surface area contributed by atoms with E-state index in [2.05, 4.69) is 9.72 Å². The Morgan fingerprint density at radius 1 is 1.06 bits per heavy atom. The lowest BCUT2D eigenvalue weighted by Gasteiger charge is -2.36. The maximum Gasteiger partial charge on any atom is 0.491 e. The molecule has 1 saturated heterocycles. The summed E-state index contributed by atoms with van der Waals surface area (Å²) in [5.74, 6) is -1.46. The molecule has 2 heterocycles. The van der Waals surface area contributed by atoms with Gasteiger partial charge in [0.15, 0.2) is 21.4 Å². The Kier molecular flexibility index (Phi) is 9.92. The van der Waals surface area contributed by atoms with Crippen molar-refractivity contribution in [1.82, 2.24) is 9.88 Å². The van der Waals surface area contributed by atoms with Crippen LogP contribution < -0.4 is 15.6 Å². The molecule has 0 spiro atoms. The quantitative estimate of drug-likeness (QED) is 0.0846. The largest absolute Gasteiger partial charge is 0.494 e. The molecule has 1 aliphatic rings. The van der Waals surface area contributed by atoms with Crippen LogP contribution in [0.3, 0.4) is 0 Å². The minimum atomic E-state index is -5.49. The number of anilines is 1. The number of methoxy groups -OCH3 is 1. The number of hydrogen-bond donors (Lipinski definition) is 1. The molecule has 0 saturated carbocycles. The number of alkyl halides is 3. The van der Waals surface area contributed by atoms with Crippen LogP contribution in [0.1, 0.15) is 36.6 Å². The molecule has 1 aliphatic heterocycles. The van der Waals surface area contributed by atoms with Crippen molar-refractivity contribution in [2.75, 3.05) is 24.4 Å². The topological polar surface area (TPSA) is 149 Å². The molecule has 0 aliphatic carbocycles. The van der Waals surface area contributed by atoms with Gasteiger partial charge in [0.2, 0.25) is 0 Å². The summed E-state index contributed by atoms with van der Waals surface area (Å²) in [6, 6.07) is 12.7. The van der Waals surface area contributed by atoms with Crippen molar-refractivity contribution in [3.05, 3.63) is 96.1 Å². The first kappa shape index (κ1) is 35.2. The van der Waals surface area contributed by atoms with E-state index < -0.39 is 57.7 Å². The molecule has 2 unspecified atom stereocenters. The van der Waals surface area contributed by atoms with Crippen LogP contribution in [0.5, 0.6) is 5.75 Å². The lowest BCUT2D eigenvalue weighted by molar-refractivity contribution is -0.203. The number of rotatable bonds is 9. The highest BCUT2D eigenvalue weighted by Gasteiger charge is 2.50. The van der Waals surface area contributed by atoms with E-state index in [0.29, 0.717) is 11.1 Å². The Hall–Kier alpha value is -5.09. The van der Waals surface area contributed by atoms with Gasteiger partial charge in [0.25, 0.3) is 5.91 Å². The van der Waals surface area contributed by atoms with Crippen molar-refractivity contribution >= 4 is 44.1 Å². The van der Waals surface area contributed by atoms with Gasteiger partial charge in [-0.25, -0.2) is 23.4 Å². The number of aromatic nitrogens is 1. The zero-order valence-corrected chi connectivity index (χ0v) is 26.9. The van der Waals surface area contributed by atoms with Crippen LogP contribution in [-0.4, -0.2) is 61.7 Å². The van der Waals surface area contributed by atoms with Gasteiger partial charge in [-0.3, -0.25) is 19.6 Å². The molecular formula is C33H30F4N4O7S. The fraction of sp³-hybridized carbons (Fsp3) is 0.273. The molecular weight excluding hydrogens is 672 g/mol. The maximum atomic E-state index is 14.8. The summed E-state index contributed by atoms with van der Waals surface area (Å²) >= 11 is 0. The number of likely N-dealkylation sites (tertiary alicyclic amines) is 1. The molecule has 49 heavy (non-hydrogen) atoms. The molecule has 1 fully saturated rings. The minimum Gasteiger partial charge on any atom is -0.494 e. The van der Waals surface area contributed by atoms with Gasteiger partial charge in [0, 0.05) is 24.3 Å². The summed E-state index contributed by atoms with van der Waals surface area (Å²) in [4.78, 5) is 44.6. The number of hydrogen-bond acceptors (Lipinski definition) is 10. The van der Waals surface area contributed by atoms with Gasteiger partial charge in [-0.05, 0) is 59.3 Å². The van der Waals surface area contributed by atoms with E-state index >= 15 is 0 Å². The van der Waals surface area contributed by atoms with Crippen LogP contribution in [0.25, 0.3) is 10.8 Å². The Bertz CT molecular complexity index is 2030. The number of halogens is 4. The fourth-order valence-electron chi connectivity index (χ4n) is 5.87. The first-order valence-electron chi connectivity index (χ1n) is 14.8. The van der Waals surface area contributed by atoms with Gasteiger partial charge in [0.05, 0.1) is 35.4 Å². The molecule has 2 N–H and O–H groups in total. The third-order valence-corrected chi connectivity index (χ3v) is 10.1. The smallest absolute Gasteiger partial charge is 0.491 e. The number of pyridine rings is 1. The molecule has 1 amide bonds. The standard InChI is InChI=1S/C33H30F4N4O7S/c1-3-49(45,46)27-7-5-4-6-23(27)29-24(31(43)48-32(44)33(35,36)37)13-15-40(29)30(42)28(20-9-11-25(34)26(17-20)47-2)41(38)22-10-8-21-18-39-14-12-19(21)16-22/h4-12,14,16-18,24,28-29H,3,13,15,38H2,1-2H3/t24?,28-,29?/m0/s1. The van der Waals surface area contributed by atoms with Crippen molar-refractivity contribution in [3.8, 4) is 5.75 Å². The highest BCUT2D eigenvalue weighted by atomic mass is 32.2. The molecule has 0 bridgehead atoms. The van der Waals surface area contributed by atoms with Gasteiger partial charge in [-0.15, -0.1) is 0 Å². The second-order valence-electron chi connectivity index (χ2n) is 11.1. The predicted molar refractivity (Wildman–Crippen MR) is 168 cm³/mol. The highest BCUT2D eigenvalue weighted by molar-refractivity contribution is 7.91. The van der Waals surface area contributed by atoms with Crippen molar-refractivity contribution in [3.63, 3.8) is 0 Å². The molecule has 4 aromatic rings. The van der Waals surface area contributed by atoms with E-state index in [-0.39, 0.29) is 40.5 Å². The van der Waals surface area contributed by atoms with Crippen molar-refractivity contribution in [2.24, 2.45) is 11.8 Å². The average Bonchev–Trinajstić information content (AvgIpc) is 3.53. The number of benzene rings is 3. The number of nitrogens with two attached hydrogens (primary N) is 1. The van der Waals surface area contributed by atoms with Gasteiger partial charge in [-0.1, -0.05) is 37.3 Å². The molecule has 258 valence electrons. The first-order valence-corrected chi connectivity index (χ1v) is 16.5. The number of amides is 1. The van der Waals surface area contributed by atoms with Crippen molar-refractivity contribution in [2.45, 2.75) is 36.5 Å². The van der Waals surface area contributed by atoms with Gasteiger partial charge < -0.3 is 14.4 Å². The number of hydrazine groups is 1. The van der Waals surface area contributed by atoms with E-state index in [4.69, 9.17) is 10.6 Å². The Morgan fingerprint density at radius 2 is 1.80 bits per heavy atom. The minimum absolute atomic E-state index is 0.0752. The lowest BCUT2D eigenvalue weighted by atomic mass is 9.93. The molecule has 3 atom stereocenters. The maximum absolute atomic E-state index is 14.8. The Labute approximate surface area is 278 Å². The summed E-state index contributed by atoms with van der Waals surface area (Å²) in [5.41, 5.74) is 0.373. The van der Waals surface area contributed by atoms with E-state index in [1.807, 2.05) is 0 Å². The number of nitrogens with zero attached hydrogens (tertiary/aromatic N) is 3. The first-order chi connectivity index (χ1) is 23.2. The Balaban J connectivity index is 1.66. The third-order valence-electron chi connectivity index (χ3n) is 8.29. The second kappa shape index (κ2) is 13.8. The van der Waals surface area contributed by atoms with Crippen LogP contribution in [0, 0.1) is 11.7 Å². The molecule has 1 aromatic heterocycles. The van der Waals surface area contributed by atoms with Gasteiger partial charge in [-0.2, -0.15) is 13.2 Å². The fourth-order valence-corrected chi connectivity index (χ4v) is 7.01. The lowest BCUT2D eigenvalue weighted by Crippen LogP contribution is -2.47. The van der Waals surface area contributed by atoms with Gasteiger partial charge >= 0.3 is 18.1 Å². The summed E-state index contributed by atoms with van der Waals surface area (Å²) in [6.45, 7) is 1.09. The van der Waals surface area contributed by atoms with Crippen LogP contribution in [0.15, 0.2) is 84.0 Å². The van der Waals surface area contributed by atoms with Crippen LogP contribution >= 0.6 is 0 Å². The Morgan fingerprint density at radius 3 is 2.49 bits per heavy atom. The van der Waals surface area contributed by atoms with E-state index in [0.717, 1.165) is 21.4 Å². The summed E-state index contributed by atoms with van der Waals surface area (Å²) < 4.78 is 89.5. The molecule has 16 heteroatoms. The monoisotopic (exact) mass is 702 g/mol.